The molecule has 0 unspecified atom stereocenters. The van der Waals surface area contributed by atoms with Gasteiger partial charge in [0.25, 0.3) is 0 Å². The van der Waals surface area contributed by atoms with E-state index in [9.17, 15) is 17.6 Å². The molecular weight excluding hydrogens is 345 g/mol. The summed E-state index contributed by atoms with van der Waals surface area (Å²) in [6.45, 7) is 1.82. The van der Waals surface area contributed by atoms with Crippen LogP contribution in [0.2, 0.25) is 0 Å². The molecule has 2 amide bonds. The van der Waals surface area contributed by atoms with Crippen molar-refractivity contribution < 1.29 is 17.6 Å². The monoisotopic (exact) mass is 365 g/mol. The summed E-state index contributed by atoms with van der Waals surface area (Å²) in [7, 11) is -3.40. The van der Waals surface area contributed by atoms with E-state index in [1.165, 1.54) is 12.1 Å². The molecule has 25 heavy (non-hydrogen) atoms. The van der Waals surface area contributed by atoms with Gasteiger partial charge in [0.1, 0.15) is 5.82 Å². The third kappa shape index (κ3) is 6.07. The van der Waals surface area contributed by atoms with Crippen molar-refractivity contribution in [2.24, 2.45) is 0 Å². The Labute approximate surface area is 146 Å². The minimum absolute atomic E-state index is 0.0216. The molecule has 3 N–H and O–H groups in total. The molecule has 0 aliphatic rings. The van der Waals surface area contributed by atoms with Crippen molar-refractivity contribution >= 4 is 27.4 Å². The number of rotatable bonds is 7. The summed E-state index contributed by atoms with van der Waals surface area (Å²) in [5.74, 6) is -0.372. The fourth-order valence-corrected chi connectivity index (χ4v) is 3.28. The van der Waals surface area contributed by atoms with Crippen LogP contribution in [0.25, 0.3) is 0 Å². The van der Waals surface area contributed by atoms with Gasteiger partial charge < -0.3 is 10.6 Å². The van der Waals surface area contributed by atoms with Crippen LogP contribution >= 0.6 is 0 Å². The first-order chi connectivity index (χ1) is 11.9. The number of benzene rings is 2. The first-order valence-corrected chi connectivity index (χ1v) is 9.43. The lowest BCUT2D eigenvalue weighted by Gasteiger charge is -2.11. The molecule has 0 spiro atoms. The van der Waals surface area contributed by atoms with Crippen molar-refractivity contribution in [3.63, 3.8) is 0 Å². The first kappa shape index (κ1) is 18.7. The highest BCUT2D eigenvalue weighted by atomic mass is 32.2. The summed E-state index contributed by atoms with van der Waals surface area (Å²) in [6.07, 6.45) is 0.506. The Morgan fingerprint density at radius 1 is 1.08 bits per heavy atom. The van der Waals surface area contributed by atoms with E-state index in [2.05, 4.69) is 15.4 Å². The lowest BCUT2D eigenvalue weighted by atomic mass is 10.2. The molecule has 0 aliphatic heterocycles. The molecule has 0 aliphatic carbocycles. The minimum Gasteiger partial charge on any atom is -0.334 e. The van der Waals surface area contributed by atoms with Crippen LogP contribution in [0.1, 0.15) is 18.9 Å². The molecule has 0 saturated carbocycles. The Kier molecular flexibility index (Phi) is 6.35. The molecular formula is C17H20FN3O3S. The second-order valence-corrected chi connectivity index (χ2v) is 7.24. The van der Waals surface area contributed by atoms with Gasteiger partial charge in [-0.3, -0.25) is 4.72 Å². The van der Waals surface area contributed by atoms with Crippen LogP contribution in [-0.2, 0) is 16.6 Å². The van der Waals surface area contributed by atoms with Crippen LogP contribution in [0.15, 0.2) is 48.5 Å². The van der Waals surface area contributed by atoms with Crippen LogP contribution in [0.5, 0.6) is 0 Å². The highest BCUT2D eigenvalue weighted by molar-refractivity contribution is 7.92. The van der Waals surface area contributed by atoms with Gasteiger partial charge in [-0.05, 0) is 30.7 Å². The molecule has 0 heterocycles. The molecule has 6 nitrogen and oxygen atoms in total. The minimum atomic E-state index is -3.40. The molecule has 2 rings (SSSR count). The Morgan fingerprint density at radius 2 is 1.80 bits per heavy atom. The third-order valence-electron chi connectivity index (χ3n) is 3.26. The molecule has 0 bridgehead atoms. The second-order valence-electron chi connectivity index (χ2n) is 5.40. The van der Waals surface area contributed by atoms with Crippen molar-refractivity contribution in [2.45, 2.75) is 19.9 Å². The Bertz CT molecular complexity index is 841. The maximum Gasteiger partial charge on any atom is 0.319 e. The summed E-state index contributed by atoms with van der Waals surface area (Å²) in [4.78, 5) is 11.9. The van der Waals surface area contributed by atoms with Crippen molar-refractivity contribution in [1.82, 2.24) is 5.32 Å². The lowest BCUT2D eigenvalue weighted by molar-refractivity contribution is 0.251. The summed E-state index contributed by atoms with van der Waals surface area (Å²) in [5, 5.41) is 5.13. The number of hydrogen-bond donors (Lipinski definition) is 3. The third-order valence-corrected chi connectivity index (χ3v) is 4.76. The molecule has 134 valence electrons. The lowest BCUT2D eigenvalue weighted by Crippen LogP contribution is -2.28. The van der Waals surface area contributed by atoms with Crippen molar-refractivity contribution in [3.05, 3.63) is 59.9 Å². The van der Waals surface area contributed by atoms with Crippen LogP contribution in [0, 0.1) is 5.82 Å². The van der Waals surface area contributed by atoms with Crippen LogP contribution in [0.4, 0.5) is 20.6 Å². The Hall–Kier alpha value is -2.61. The zero-order chi connectivity index (χ0) is 18.3. The van der Waals surface area contributed by atoms with E-state index >= 15 is 0 Å². The number of hydrogen-bond acceptors (Lipinski definition) is 3. The quantitative estimate of drug-likeness (QED) is 0.703. The van der Waals surface area contributed by atoms with Crippen LogP contribution in [0.3, 0.4) is 0 Å². The van der Waals surface area contributed by atoms with Gasteiger partial charge in [0.15, 0.2) is 0 Å². The largest absolute Gasteiger partial charge is 0.334 e. The summed E-state index contributed by atoms with van der Waals surface area (Å²) in [6, 6.07) is 12.0. The van der Waals surface area contributed by atoms with Gasteiger partial charge >= 0.3 is 6.03 Å². The van der Waals surface area contributed by atoms with Gasteiger partial charge in [-0.25, -0.2) is 17.6 Å². The molecule has 0 atom stereocenters. The SMILES string of the molecule is CCCS(=O)(=O)Nc1cccc(NC(=O)NCc2ccccc2F)c1. The predicted molar refractivity (Wildman–Crippen MR) is 96.4 cm³/mol. The number of anilines is 2. The van der Waals surface area contributed by atoms with Gasteiger partial charge in [0.05, 0.1) is 11.4 Å². The number of carbonyl (C=O) groups is 1. The van der Waals surface area contributed by atoms with E-state index in [-0.39, 0.29) is 12.3 Å². The van der Waals surface area contributed by atoms with E-state index in [4.69, 9.17) is 0 Å². The average molecular weight is 365 g/mol. The van der Waals surface area contributed by atoms with E-state index in [0.29, 0.717) is 23.4 Å². The van der Waals surface area contributed by atoms with Crippen molar-refractivity contribution in [2.75, 3.05) is 15.8 Å². The van der Waals surface area contributed by atoms with Crippen molar-refractivity contribution in [1.29, 1.82) is 0 Å². The summed E-state index contributed by atoms with van der Waals surface area (Å²) < 4.78 is 39.5. The predicted octanol–water partition coefficient (Wildman–Crippen LogP) is 3.30. The smallest absolute Gasteiger partial charge is 0.319 e. The normalized spacial score (nSPS) is 11.0. The highest BCUT2D eigenvalue weighted by Crippen LogP contribution is 2.16. The van der Waals surface area contributed by atoms with Gasteiger partial charge in [-0.2, -0.15) is 0 Å². The molecule has 0 saturated heterocycles. The standard InChI is InChI=1S/C17H20FN3O3S/c1-2-10-25(23,24)21-15-8-5-7-14(11-15)20-17(22)19-12-13-6-3-4-9-16(13)18/h3-9,11,21H,2,10,12H2,1H3,(H2,19,20,22). The topological polar surface area (TPSA) is 87.3 Å². The van der Waals surface area contributed by atoms with Crippen LogP contribution in [-0.4, -0.2) is 20.2 Å². The second kappa shape index (κ2) is 8.48. The molecule has 0 radical (unpaired) electrons. The van der Waals surface area contributed by atoms with Gasteiger partial charge in [-0.15, -0.1) is 0 Å². The fourth-order valence-electron chi connectivity index (χ4n) is 2.15. The Morgan fingerprint density at radius 3 is 2.52 bits per heavy atom. The number of carbonyl (C=O) groups excluding carboxylic acids is 1. The fraction of sp³-hybridized carbons (Fsp3) is 0.235. The van der Waals surface area contributed by atoms with E-state index in [0.717, 1.165) is 0 Å². The zero-order valence-electron chi connectivity index (χ0n) is 13.8. The number of sulfonamides is 1. The van der Waals surface area contributed by atoms with E-state index in [1.54, 1.807) is 43.3 Å². The molecule has 2 aromatic rings. The summed E-state index contributed by atoms with van der Waals surface area (Å²) in [5.41, 5.74) is 1.15. The molecule has 0 fully saturated rings. The molecule has 2 aromatic carbocycles. The van der Waals surface area contributed by atoms with Gasteiger partial charge in [0.2, 0.25) is 10.0 Å². The first-order valence-electron chi connectivity index (χ1n) is 7.78. The number of nitrogens with one attached hydrogen (secondary N) is 3. The average Bonchev–Trinajstić information content (AvgIpc) is 2.54. The van der Waals surface area contributed by atoms with E-state index < -0.39 is 21.9 Å². The van der Waals surface area contributed by atoms with Gasteiger partial charge in [0, 0.05) is 17.8 Å². The molecule has 8 heteroatoms. The van der Waals surface area contributed by atoms with Gasteiger partial charge in [-0.1, -0.05) is 31.2 Å². The zero-order valence-corrected chi connectivity index (χ0v) is 14.6. The van der Waals surface area contributed by atoms with Crippen LogP contribution < -0.4 is 15.4 Å². The maximum atomic E-state index is 13.5. The highest BCUT2D eigenvalue weighted by Gasteiger charge is 2.10. The summed E-state index contributed by atoms with van der Waals surface area (Å²) >= 11 is 0. The number of amides is 2. The Balaban J connectivity index is 1.95. The molecule has 0 aromatic heterocycles. The van der Waals surface area contributed by atoms with Crippen molar-refractivity contribution in [3.8, 4) is 0 Å². The maximum absolute atomic E-state index is 13.5. The number of urea groups is 1. The number of halogens is 1. The van der Waals surface area contributed by atoms with E-state index in [1.807, 2.05) is 0 Å².